The van der Waals surface area contributed by atoms with Gasteiger partial charge in [-0.15, -0.1) is 5.10 Å². The third kappa shape index (κ3) is 2.78. The molecule has 1 aromatic carbocycles. The number of fused-ring (bicyclic) bond motifs is 2. The zero-order valence-electron chi connectivity index (χ0n) is 14.6. The van der Waals surface area contributed by atoms with Gasteiger partial charge in [-0.25, -0.2) is 9.37 Å². The molecule has 0 spiro atoms. The average molecular weight is 387 g/mol. The fraction of sp³-hybridized carbons (Fsp3) is 0.389. The number of imidazole rings is 1. The highest BCUT2D eigenvalue weighted by Crippen LogP contribution is 2.42. The Morgan fingerprint density at radius 2 is 2.22 bits per heavy atom. The zero-order chi connectivity index (χ0) is 18.5. The lowest BCUT2D eigenvalue weighted by Gasteiger charge is -2.31. The van der Waals surface area contributed by atoms with Gasteiger partial charge in [0.25, 0.3) is 5.19 Å². The summed E-state index contributed by atoms with van der Waals surface area (Å²) in [4.78, 5) is 6.05. The maximum absolute atomic E-state index is 14.5. The molecule has 2 fully saturated rings. The van der Waals surface area contributed by atoms with Crippen LogP contribution in [0.2, 0.25) is 0 Å². The first-order valence-corrected chi connectivity index (χ1v) is 9.58. The number of aromatic nitrogens is 4. The van der Waals surface area contributed by atoms with E-state index in [-0.39, 0.29) is 17.7 Å². The van der Waals surface area contributed by atoms with Crippen LogP contribution in [-0.2, 0) is 0 Å². The summed E-state index contributed by atoms with van der Waals surface area (Å²) >= 11 is 1.22. The first-order chi connectivity index (χ1) is 13.1. The summed E-state index contributed by atoms with van der Waals surface area (Å²) in [5.41, 5.74) is 1.36. The maximum Gasteiger partial charge on any atom is 0.294 e. The van der Waals surface area contributed by atoms with Gasteiger partial charge >= 0.3 is 0 Å². The highest BCUT2D eigenvalue weighted by molar-refractivity contribution is 7.16. The summed E-state index contributed by atoms with van der Waals surface area (Å²) in [6, 6.07) is 5.22. The predicted molar refractivity (Wildman–Crippen MR) is 98.0 cm³/mol. The van der Waals surface area contributed by atoms with E-state index in [0.717, 1.165) is 18.7 Å². The fourth-order valence-electron chi connectivity index (χ4n) is 4.08. The van der Waals surface area contributed by atoms with Crippen LogP contribution >= 0.6 is 11.3 Å². The van der Waals surface area contributed by atoms with Crippen molar-refractivity contribution in [3.05, 3.63) is 36.9 Å². The Balaban J connectivity index is 1.35. The molecule has 0 unspecified atom stereocenters. The number of nitrogens with zero attached hydrogens (tertiary/aromatic N) is 5. The van der Waals surface area contributed by atoms with Crippen molar-refractivity contribution in [3.8, 4) is 27.2 Å². The third-order valence-electron chi connectivity index (χ3n) is 5.44. The Morgan fingerprint density at radius 3 is 2.93 bits per heavy atom. The molecule has 2 aliphatic rings. The molecular weight excluding hydrogens is 369 g/mol. The molecule has 5 rings (SSSR count). The average Bonchev–Trinajstić information content (AvgIpc) is 3.42. The molecule has 9 heteroatoms. The van der Waals surface area contributed by atoms with Crippen molar-refractivity contribution in [1.82, 2.24) is 24.6 Å². The second-order valence-corrected chi connectivity index (χ2v) is 8.01. The van der Waals surface area contributed by atoms with Crippen LogP contribution in [0.15, 0.2) is 36.9 Å². The molecule has 4 atom stereocenters. The van der Waals surface area contributed by atoms with E-state index in [4.69, 9.17) is 4.74 Å². The highest BCUT2D eigenvalue weighted by Gasteiger charge is 2.53. The molecule has 3 heterocycles. The number of phenolic OH excluding ortho intramolecular Hbond substituents is 1. The van der Waals surface area contributed by atoms with Gasteiger partial charge in [0.2, 0.25) is 0 Å². The minimum Gasteiger partial charge on any atom is -0.507 e. The summed E-state index contributed by atoms with van der Waals surface area (Å²) < 4.78 is 22.2. The summed E-state index contributed by atoms with van der Waals surface area (Å²) in [5.74, 6) is 0.277. The molecule has 3 aromatic rings. The molecule has 1 saturated heterocycles. The Bertz CT molecular complexity index is 961. The molecule has 2 bridgehead atoms. The monoisotopic (exact) mass is 387 g/mol. The largest absolute Gasteiger partial charge is 0.507 e. The summed E-state index contributed by atoms with van der Waals surface area (Å²) in [7, 11) is 1.95. The summed E-state index contributed by atoms with van der Waals surface area (Å²) in [6.07, 6.45) is 4.47. The Labute approximate surface area is 159 Å². The number of rotatable bonds is 4. The Kier molecular flexibility index (Phi) is 3.87. The standard InChI is InChI=1S/C18H18FN5O2S/c1-23-8-10-6-13(23)15(19)16(10)26-18-22-21-17(27-18)12-3-2-11(7-14(12)25)24-5-4-20-9-24/h2-5,7,9-10,13,15-16,25H,6,8H2,1H3/t10-,13-,15-,16-/m1/s1. The SMILES string of the molecule is CN1C[C@H]2C[C@@H]1[C@@H](F)[C@@H]2Oc1nnc(-c2ccc(-n3ccnc3)cc2O)s1. The summed E-state index contributed by atoms with van der Waals surface area (Å²) in [6.45, 7) is 0.845. The molecule has 1 N–H and O–H groups in total. The van der Waals surface area contributed by atoms with Crippen molar-refractivity contribution in [2.24, 2.45) is 5.92 Å². The van der Waals surface area contributed by atoms with E-state index < -0.39 is 12.3 Å². The number of benzene rings is 1. The van der Waals surface area contributed by atoms with Crippen LogP contribution in [0, 0.1) is 5.92 Å². The molecule has 0 amide bonds. The second kappa shape index (κ2) is 6.28. The lowest BCUT2D eigenvalue weighted by molar-refractivity contribution is 0.0246. The molecule has 140 valence electrons. The molecular formula is C18H18FN5O2S. The van der Waals surface area contributed by atoms with Gasteiger partial charge in [0, 0.05) is 37.0 Å². The number of ether oxygens (including phenoxy) is 1. The van der Waals surface area contributed by atoms with Crippen LogP contribution in [0.1, 0.15) is 6.42 Å². The van der Waals surface area contributed by atoms with Crippen LogP contribution in [0.4, 0.5) is 4.39 Å². The number of hydrogen-bond donors (Lipinski definition) is 1. The van der Waals surface area contributed by atoms with Gasteiger partial charge in [0.1, 0.15) is 11.9 Å². The number of halogens is 1. The van der Waals surface area contributed by atoms with Gasteiger partial charge < -0.3 is 14.4 Å². The Morgan fingerprint density at radius 1 is 1.33 bits per heavy atom. The van der Waals surface area contributed by atoms with E-state index in [0.29, 0.717) is 15.8 Å². The second-order valence-electron chi connectivity index (χ2n) is 7.07. The normalized spacial score (nSPS) is 27.3. The third-order valence-corrected chi connectivity index (χ3v) is 6.28. The zero-order valence-corrected chi connectivity index (χ0v) is 15.4. The fourth-order valence-corrected chi connectivity index (χ4v) is 4.85. The van der Waals surface area contributed by atoms with Crippen molar-refractivity contribution in [2.75, 3.05) is 13.6 Å². The quantitative estimate of drug-likeness (QED) is 0.741. The number of piperidine rings is 1. The van der Waals surface area contributed by atoms with Crippen LogP contribution in [0.25, 0.3) is 16.3 Å². The van der Waals surface area contributed by atoms with Gasteiger partial charge in [-0.3, -0.25) is 4.90 Å². The number of likely N-dealkylation sites (tertiary alicyclic amines) is 1. The van der Waals surface area contributed by atoms with Gasteiger partial charge in [-0.2, -0.15) is 0 Å². The number of aromatic hydroxyl groups is 1. The minimum absolute atomic E-state index is 0.0628. The van der Waals surface area contributed by atoms with Crippen LogP contribution in [0.3, 0.4) is 0 Å². The van der Waals surface area contributed by atoms with E-state index in [1.54, 1.807) is 35.4 Å². The molecule has 1 saturated carbocycles. The van der Waals surface area contributed by atoms with Crippen molar-refractivity contribution >= 4 is 11.3 Å². The van der Waals surface area contributed by atoms with Crippen LogP contribution in [-0.4, -0.2) is 61.7 Å². The maximum atomic E-state index is 14.5. The van der Waals surface area contributed by atoms with E-state index in [1.165, 1.54) is 11.3 Å². The molecule has 0 radical (unpaired) electrons. The molecule has 27 heavy (non-hydrogen) atoms. The van der Waals surface area contributed by atoms with Crippen LogP contribution < -0.4 is 4.74 Å². The van der Waals surface area contributed by atoms with E-state index in [2.05, 4.69) is 20.1 Å². The molecule has 1 aliphatic carbocycles. The lowest BCUT2D eigenvalue weighted by atomic mass is 10.1. The van der Waals surface area contributed by atoms with Gasteiger partial charge in [-0.05, 0) is 25.6 Å². The van der Waals surface area contributed by atoms with Gasteiger partial charge in [0.05, 0.1) is 17.6 Å². The smallest absolute Gasteiger partial charge is 0.294 e. The number of alkyl halides is 1. The first-order valence-electron chi connectivity index (χ1n) is 8.76. The Hall–Kier alpha value is -2.52. The lowest BCUT2D eigenvalue weighted by Crippen LogP contribution is -2.46. The molecule has 7 nitrogen and oxygen atoms in total. The number of phenols is 1. The minimum atomic E-state index is -1.01. The molecule has 1 aliphatic heterocycles. The molecule has 2 aromatic heterocycles. The topological polar surface area (TPSA) is 76.3 Å². The summed E-state index contributed by atoms with van der Waals surface area (Å²) in [5, 5.41) is 19.4. The van der Waals surface area contributed by atoms with Gasteiger partial charge in [0.15, 0.2) is 11.2 Å². The van der Waals surface area contributed by atoms with Crippen molar-refractivity contribution in [3.63, 3.8) is 0 Å². The van der Waals surface area contributed by atoms with Gasteiger partial charge in [-0.1, -0.05) is 16.4 Å². The first kappa shape index (κ1) is 16.6. The van der Waals surface area contributed by atoms with E-state index in [1.807, 2.05) is 13.1 Å². The highest BCUT2D eigenvalue weighted by atomic mass is 32.1. The van der Waals surface area contributed by atoms with E-state index >= 15 is 0 Å². The van der Waals surface area contributed by atoms with Crippen molar-refractivity contribution in [2.45, 2.75) is 24.7 Å². The predicted octanol–water partition coefficient (Wildman–Crippen LogP) is 2.52. The van der Waals surface area contributed by atoms with E-state index in [9.17, 15) is 9.50 Å². The van der Waals surface area contributed by atoms with Crippen LogP contribution in [0.5, 0.6) is 10.9 Å². The van der Waals surface area contributed by atoms with Crippen molar-refractivity contribution in [1.29, 1.82) is 0 Å². The number of hydrogen-bond acceptors (Lipinski definition) is 7. The van der Waals surface area contributed by atoms with Crippen molar-refractivity contribution < 1.29 is 14.2 Å².